The van der Waals surface area contributed by atoms with Crippen molar-refractivity contribution in [3.8, 4) is 0 Å². The number of aliphatic imine (C=N–C) groups is 1. The number of para-hydroxylation sites is 1. The Morgan fingerprint density at radius 3 is 2.30 bits per heavy atom. The number of hydrogen-bond donors (Lipinski definition) is 1. The molecule has 1 aromatic rings. The molecule has 1 N–H and O–H groups in total. The predicted molar refractivity (Wildman–Crippen MR) is 126 cm³/mol. The van der Waals surface area contributed by atoms with E-state index in [9.17, 15) is 0 Å². The molecule has 0 aromatic heterocycles. The van der Waals surface area contributed by atoms with Gasteiger partial charge in [0.15, 0.2) is 5.96 Å². The van der Waals surface area contributed by atoms with Crippen LogP contribution in [0.1, 0.15) is 26.2 Å². The van der Waals surface area contributed by atoms with Crippen LogP contribution < -0.4 is 10.2 Å². The monoisotopic (exact) mass is 485 g/mol. The number of benzene rings is 1. The molecular weight excluding hydrogens is 449 g/mol. The molecule has 5 nitrogen and oxygen atoms in total. The van der Waals surface area contributed by atoms with Crippen LogP contribution in [0.15, 0.2) is 35.3 Å². The average Bonchev–Trinajstić information content (AvgIpc) is 2.72. The Balaban J connectivity index is 0.00000261. The van der Waals surface area contributed by atoms with Gasteiger partial charge in [-0.15, -0.1) is 24.0 Å². The van der Waals surface area contributed by atoms with Gasteiger partial charge in [0.2, 0.25) is 0 Å². The van der Waals surface area contributed by atoms with E-state index in [1.54, 1.807) is 0 Å². The number of anilines is 1. The van der Waals surface area contributed by atoms with E-state index in [2.05, 4.69) is 62.3 Å². The molecule has 2 saturated heterocycles. The number of rotatable bonds is 5. The van der Waals surface area contributed by atoms with E-state index < -0.39 is 0 Å². The molecule has 0 saturated carbocycles. The quantitative estimate of drug-likeness (QED) is 0.395. The van der Waals surface area contributed by atoms with Crippen molar-refractivity contribution in [1.29, 1.82) is 0 Å². The smallest absolute Gasteiger partial charge is 0.193 e. The molecule has 0 atom stereocenters. The third kappa shape index (κ3) is 6.52. The van der Waals surface area contributed by atoms with E-state index in [-0.39, 0.29) is 24.0 Å². The van der Waals surface area contributed by atoms with Gasteiger partial charge in [0.25, 0.3) is 0 Å². The Kier molecular flexibility index (Phi) is 9.68. The van der Waals surface area contributed by atoms with Crippen LogP contribution in [0.4, 0.5) is 5.69 Å². The fourth-order valence-electron chi connectivity index (χ4n) is 4.13. The van der Waals surface area contributed by atoms with Crippen molar-refractivity contribution in [2.75, 3.05) is 64.3 Å². The molecular formula is C21H36IN5. The van der Waals surface area contributed by atoms with Crippen LogP contribution in [0.2, 0.25) is 0 Å². The van der Waals surface area contributed by atoms with Crippen molar-refractivity contribution in [3.63, 3.8) is 0 Å². The molecule has 152 valence electrons. The molecule has 0 unspecified atom stereocenters. The van der Waals surface area contributed by atoms with Gasteiger partial charge in [-0.1, -0.05) is 25.1 Å². The molecule has 2 fully saturated rings. The first-order valence-corrected chi connectivity index (χ1v) is 10.3. The van der Waals surface area contributed by atoms with Gasteiger partial charge in [-0.25, -0.2) is 0 Å². The van der Waals surface area contributed by atoms with E-state index in [0.717, 1.165) is 44.6 Å². The van der Waals surface area contributed by atoms with E-state index in [1.165, 1.54) is 44.6 Å². The summed E-state index contributed by atoms with van der Waals surface area (Å²) in [6, 6.07) is 10.7. The summed E-state index contributed by atoms with van der Waals surface area (Å²) in [5, 5.41) is 3.61. The maximum atomic E-state index is 4.52. The van der Waals surface area contributed by atoms with Crippen LogP contribution in [-0.4, -0.2) is 75.2 Å². The lowest BCUT2D eigenvalue weighted by molar-refractivity contribution is 0.187. The van der Waals surface area contributed by atoms with Crippen molar-refractivity contribution in [3.05, 3.63) is 30.3 Å². The van der Waals surface area contributed by atoms with Crippen molar-refractivity contribution in [2.24, 2.45) is 10.9 Å². The fourth-order valence-corrected chi connectivity index (χ4v) is 4.13. The molecule has 0 amide bonds. The summed E-state index contributed by atoms with van der Waals surface area (Å²) in [6.45, 7) is 11.2. The number of hydrogen-bond acceptors (Lipinski definition) is 3. The number of piperazine rings is 1. The molecule has 0 radical (unpaired) electrons. The highest BCUT2D eigenvalue weighted by Gasteiger charge is 2.21. The lowest BCUT2D eigenvalue weighted by Gasteiger charge is -2.38. The topological polar surface area (TPSA) is 34.1 Å². The molecule has 6 heteroatoms. The number of nitrogens with zero attached hydrogens (tertiary/aromatic N) is 4. The first-order chi connectivity index (χ1) is 12.8. The Labute approximate surface area is 182 Å². The molecule has 0 bridgehead atoms. The second-order valence-corrected chi connectivity index (χ2v) is 7.45. The van der Waals surface area contributed by atoms with E-state index >= 15 is 0 Å². The predicted octanol–water partition coefficient (Wildman–Crippen LogP) is 3.12. The van der Waals surface area contributed by atoms with Crippen molar-refractivity contribution >= 4 is 35.6 Å². The summed E-state index contributed by atoms with van der Waals surface area (Å²) in [4.78, 5) is 12.0. The van der Waals surface area contributed by atoms with E-state index in [0.29, 0.717) is 0 Å². The van der Waals surface area contributed by atoms with Gasteiger partial charge in [0.05, 0.1) is 0 Å². The summed E-state index contributed by atoms with van der Waals surface area (Å²) < 4.78 is 0. The summed E-state index contributed by atoms with van der Waals surface area (Å²) in [7, 11) is 1.91. The Bertz CT molecular complexity index is 549. The highest BCUT2D eigenvalue weighted by atomic mass is 127. The zero-order chi connectivity index (χ0) is 18.2. The maximum absolute atomic E-state index is 4.52. The summed E-state index contributed by atoms with van der Waals surface area (Å²) in [6.07, 6.45) is 3.97. The molecule has 2 heterocycles. The minimum Gasteiger partial charge on any atom is -0.368 e. The average molecular weight is 485 g/mol. The number of likely N-dealkylation sites (tertiary alicyclic amines) is 1. The van der Waals surface area contributed by atoms with Crippen LogP contribution in [0.5, 0.6) is 0 Å². The minimum atomic E-state index is 0. The van der Waals surface area contributed by atoms with Crippen LogP contribution >= 0.6 is 24.0 Å². The van der Waals surface area contributed by atoms with Crippen LogP contribution in [0, 0.1) is 5.92 Å². The molecule has 2 aliphatic heterocycles. The first-order valence-electron chi connectivity index (χ1n) is 10.3. The maximum Gasteiger partial charge on any atom is 0.193 e. The van der Waals surface area contributed by atoms with Crippen LogP contribution in [-0.2, 0) is 0 Å². The second-order valence-electron chi connectivity index (χ2n) is 7.45. The Morgan fingerprint density at radius 1 is 1.04 bits per heavy atom. The minimum absolute atomic E-state index is 0. The van der Waals surface area contributed by atoms with Crippen molar-refractivity contribution < 1.29 is 0 Å². The lowest BCUT2D eigenvalue weighted by atomic mass is 9.93. The van der Waals surface area contributed by atoms with Gasteiger partial charge in [-0.05, 0) is 56.9 Å². The standard InChI is InChI=1S/C21H35N5.HI/c1-3-24-13-10-19(11-14-24)9-12-23-21(22-2)26-17-15-25(16-18-26)20-7-5-4-6-8-20;/h4-8,19H,3,9-18H2,1-2H3,(H,22,23);1H. The number of piperidine rings is 1. The van der Waals surface area contributed by atoms with Crippen LogP contribution in [0.25, 0.3) is 0 Å². The van der Waals surface area contributed by atoms with Gasteiger partial charge in [0, 0.05) is 45.5 Å². The SMILES string of the molecule is CCN1CCC(CCNC(=NC)N2CCN(c3ccccc3)CC2)CC1.I. The largest absolute Gasteiger partial charge is 0.368 e. The third-order valence-electron chi connectivity index (χ3n) is 5.90. The van der Waals surface area contributed by atoms with E-state index in [1.807, 2.05) is 7.05 Å². The van der Waals surface area contributed by atoms with Gasteiger partial charge in [-0.2, -0.15) is 0 Å². The highest BCUT2D eigenvalue weighted by molar-refractivity contribution is 14.0. The normalized spacial score (nSPS) is 19.7. The molecule has 1 aromatic carbocycles. The zero-order valence-corrected chi connectivity index (χ0v) is 19.3. The van der Waals surface area contributed by atoms with Gasteiger partial charge >= 0.3 is 0 Å². The van der Waals surface area contributed by atoms with E-state index in [4.69, 9.17) is 0 Å². The van der Waals surface area contributed by atoms with Crippen molar-refractivity contribution in [1.82, 2.24) is 15.1 Å². The summed E-state index contributed by atoms with van der Waals surface area (Å²) in [5.41, 5.74) is 1.33. The molecule has 27 heavy (non-hydrogen) atoms. The lowest BCUT2D eigenvalue weighted by Crippen LogP contribution is -2.52. The van der Waals surface area contributed by atoms with Gasteiger partial charge in [-0.3, -0.25) is 4.99 Å². The summed E-state index contributed by atoms with van der Waals surface area (Å²) in [5.74, 6) is 1.95. The fraction of sp³-hybridized carbons (Fsp3) is 0.667. The number of nitrogens with one attached hydrogen (secondary N) is 1. The third-order valence-corrected chi connectivity index (χ3v) is 5.90. The Hall–Kier alpha value is -1.02. The summed E-state index contributed by atoms with van der Waals surface area (Å²) >= 11 is 0. The molecule has 2 aliphatic rings. The zero-order valence-electron chi connectivity index (χ0n) is 16.9. The Morgan fingerprint density at radius 2 is 1.70 bits per heavy atom. The molecule has 3 rings (SSSR count). The van der Waals surface area contributed by atoms with Crippen LogP contribution in [0.3, 0.4) is 0 Å². The van der Waals surface area contributed by atoms with Gasteiger partial charge < -0.3 is 20.0 Å². The number of halogens is 1. The molecule has 0 spiro atoms. The first kappa shape index (κ1) is 22.3. The second kappa shape index (κ2) is 11.7. The van der Waals surface area contributed by atoms with Crippen molar-refractivity contribution in [2.45, 2.75) is 26.2 Å². The van der Waals surface area contributed by atoms with Gasteiger partial charge in [0.1, 0.15) is 0 Å². The molecule has 0 aliphatic carbocycles. The highest BCUT2D eigenvalue weighted by Crippen LogP contribution is 2.20. The number of guanidine groups is 1.